The Morgan fingerprint density at radius 2 is 1.05 bits per heavy atom. The number of fused-ring (bicyclic) bond motifs is 6. The summed E-state index contributed by atoms with van der Waals surface area (Å²) in [6.45, 7) is 16.5. The molecule has 0 aromatic heterocycles. The summed E-state index contributed by atoms with van der Waals surface area (Å²) in [5, 5.41) is 0. The summed E-state index contributed by atoms with van der Waals surface area (Å²) in [6.07, 6.45) is 13.2. The van der Waals surface area contributed by atoms with Crippen LogP contribution in [-0.4, -0.2) is 5.71 Å². The number of aliphatic imine (C=N–C) groups is 1. The molecule has 2 heteroatoms. The van der Waals surface area contributed by atoms with Crippen molar-refractivity contribution in [3.63, 3.8) is 0 Å². The van der Waals surface area contributed by atoms with Crippen LogP contribution in [0.2, 0.25) is 0 Å². The van der Waals surface area contributed by atoms with Gasteiger partial charge in [-0.15, -0.1) is 0 Å². The molecule has 3 aliphatic carbocycles. The molecular weight excluding hydrogens is 761 g/mol. The summed E-state index contributed by atoms with van der Waals surface area (Å²) in [5.41, 5.74) is 25.2. The molecule has 0 bridgehead atoms. The van der Waals surface area contributed by atoms with E-state index in [1.165, 1.54) is 83.5 Å². The van der Waals surface area contributed by atoms with Crippen molar-refractivity contribution in [3.05, 3.63) is 226 Å². The Balaban J connectivity index is 0.908. The largest absolute Gasteiger partial charge is 0.311 e. The molecule has 7 aromatic carbocycles. The molecule has 0 spiro atoms. The minimum absolute atomic E-state index is 0.0773. The first-order chi connectivity index (χ1) is 30.5. The quantitative estimate of drug-likeness (QED) is 0.133. The van der Waals surface area contributed by atoms with Crippen molar-refractivity contribution in [1.82, 2.24) is 0 Å². The lowest BCUT2D eigenvalue weighted by molar-refractivity contribution is 0.659. The Hall–Kier alpha value is -6.77. The van der Waals surface area contributed by atoms with Crippen molar-refractivity contribution in [2.75, 3.05) is 4.90 Å². The summed E-state index contributed by atoms with van der Waals surface area (Å²) in [6, 6.07) is 54.7. The van der Waals surface area contributed by atoms with E-state index in [1.807, 2.05) is 0 Å². The molecule has 0 heterocycles. The monoisotopic (exact) mass is 816 g/mol. The fraction of sp³-hybridized carbons (Fsp3) is 0.197. The topological polar surface area (TPSA) is 15.6 Å². The van der Waals surface area contributed by atoms with Crippen LogP contribution in [-0.2, 0) is 17.4 Å². The third kappa shape index (κ3) is 7.22. The standard InChI is InChI=1S/C61H56N2/c1-8-12-59(62-39-42-19-31-51-52-32-22-45(43-13-10-9-11-14-43)36-56(52)60(4,5)55(51)35-42)47-24-34-54-53-33-23-46(37-57(53)61(6,7)58(54)38-47)44-20-29-50(30-21-44)63(48-25-15-40(2)16-26-48)49-27-17-41(3)18-28-49/h8-10,12-13,15-38H,11,14,39H2,1-7H3. The highest BCUT2D eigenvalue weighted by molar-refractivity contribution is 6.09. The lowest BCUT2D eigenvalue weighted by Gasteiger charge is -2.26. The average Bonchev–Trinajstić information content (AvgIpc) is 3.67. The maximum absolute atomic E-state index is 5.31. The van der Waals surface area contributed by atoms with Crippen molar-refractivity contribution in [2.45, 2.75) is 78.7 Å². The zero-order valence-corrected chi connectivity index (χ0v) is 37.8. The molecular formula is C61H56N2. The van der Waals surface area contributed by atoms with Crippen LogP contribution in [0.3, 0.4) is 0 Å². The first-order valence-electron chi connectivity index (χ1n) is 22.6. The molecule has 2 nitrogen and oxygen atoms in total. The molecule has 0 fully saturated rings. The van der Waals surface area contributed by atoms with Gasteiger partial charge >= 0.3 is 0 Å². The van der Waals surface area contributed by atoms with E-state index in [2.05, 4.69) is 229 Å². The Bertz CT molecular complexity index is 2980. The molecule has 0 unspecified atom stereocenters. The van der Waals surface area contributed by atoms with E-state index in [4.69, 9.17) is 4.99 Å². The maximum atomic E-state index is 5.31. The van der Waals surface area contributed by atoms with Gasteiger partial charge in [-0.2, -0.15) is 0 Å². The van der Waals surface area contributed by atoms with Crippen LogP contribution in [0.5, 0.6) is 0 Å². The predicted octanol–water partition coefficient (Wildman–Crippen LogP) is 16.4. The minimum atomic E-state index is -0.171. The van der Waals surface area contributed by atoms with Crippen LogP contribution >= 0.6 is 0 Å². The Labute approximate surface area is 374 Å². The van der Waals surface area contributed by atoms with Gasteiger partial charge < -0.3 is 4.90 Å². The Morgan fingerprint density at radius 1 is 0.556 bits per heavy atom. The fourth-order valence-electron chi connectivity index (χ4n) is 10.2. The van der Waals surface area contributed by atoms with E-state index < -0.39 is 0 Å². The summed E-state index contributed by atoms with van der Waals surface area (Å²) >= 11 is 0. The molecule has 0 saturated heterocycles. The van der Waals surface area contributed by atoms with Gasteiger partial charge in [0.1, 0.15) is 0 Å². The van der Waals surface area contributed by atoms with Crippen LogP contribution in [0.15, 0.2) is 181 Å². The highest BCUT2D eigenvalue weighted by Crippen LogP contribution is 2.51. The molecule has 10 rings (SSSR count). The molecule has 0 N–H and O–H groups in total. The molecule has 0 atom stereocenters. The van der Waals surface area contributed by atoms with Gasteiger partial charge in [0.25, 0.3) is 0 Å². The zero-order valence-electron chi connectivity index (χ0n) is 37.8. The number of nitrogens with zero attached hydrogens (tertiary/aromatic N) is 2. The van der Waals surface area contributed by atoms with Crippen molar-refractivity contribution in [1.29, 1.82) is 0 Å². The van der Waals surface area contributed by atoms with Crippen molar-refractivity contribution in [3.8, 4) is 33.4 Å². The second-order valence-electron chi connectivity index (χ2n) is 18.8. The molecule has 0 radical (unpaired) electrons. The lowest BCUT2D eigenvalue weighted by atomic mass is 9.80. The highest BCUT2D eigenvalue weighted by Gasteiger charge is 2.37. The van der Waals surface area contributed by atoms with Gasteiger partial charge in [-0.25, -0.2) is 0 Å². The van der Waals surface area contributed by atoms with E-state index in [1.54, 1.807) is 0 Å². The molecule has 3 aliphatic rings. The van der Waals surface area contributed by atoms with Crippen LogP contribution in [0.4, 0.5) is 17.1 Å². The normalized spacial score (nSPS) is 15.5. The van der Waals surface area contributed by atoms with Crippen molar-refractivity contribution >= 4 is 28.3 Å². The van der Waals surface area contributed by atoms with E-state index in [9.17, 15) is 0 Å². The zero-order chi connectivity index (χ0) is 43.5. The summed E-state index contributed by atoms with van der Waals surface area (Å²) in [5.74, 6) is 0. The van der Waals surface area contributed by atoms with Gasteiger partial charge in [0.2, 0.25) is 0 Å². The van der Waals surface area contributed by atoms with Gasteiger partial charge in [-0.3, -0.25) is 4.99 Å². The number of benzene rings is 7. The first kappa shape index (κ1) is 40.3. The van der Waals surface area contributed by atoms with Gasteiger partial charge in [0.15, 0.2) is 0 Å². The molecule has 63 heavy (non-hydrogen) atoms. The lowest BCUT2D eigenvalue weighted by Crippen LogP contribution is -2.16. The molecule has 310 valence electrons. The van der Waals surface area contributed by atoms with Gasteiger partial charge in [-0.05, 0) is 172 Å². The number of hydrogen-bond acceptors (Lipinski definition) is 2. The SMILES string of the molecule is CC=CC(=NCc1ccc2c(c1)C(C)(C)c1cc(C3=CC=CCC3)ccc1-2)c1ccc2c(c1)C(C)(C)c1cc(-c3ccc(N(c4ccc(C)cc4)c4ccc(C)cc4)cc3)ccc1-2. The molecule has 0 amide bonds. The van der Waals surface area contributed by atoms with Crippen molar-refractivity contribution in [2.24, 2.45) is 4.99 Å². The third-order valence-electron chi connectivity index (χ3n) is 13.9. The minimum Gasteiger partial charge on any atom is -0.311 e. The highest BCUT2D eigenvalue weighted by atomic mass is 15.1. The summed E-state index contributed by atoms with van der Waals surface area (Å²) < 4.78 is 0. The van der Waals surface area contributed by atoms with E-state index >= 15 is 0 Å². The van der Waals surface area contributed by atoms with Gasteiger partial charge in [0, 0.05) is 27.9 Å². The summed E-state index contributed by atoms with van der Waals surface area (Å²) in [4.78, 5) is 7.64. The number of aryl methyl sites for hydroxylation is 2. The number of hydrogen-bond donors (Lipinski definition) is 0. The van der Waals surface area contributed by atoms with E-state index in [0.717, 1.165) is 41.2 Å². The molecule has 0 saturated carbocycles. The predicted molar refractivity (Wildman–Crippen MR) is 269 cm³/mol. The molecule has 7 aromatic rings. The maximum Gasteiger partial charge on any atom is 0.0647 e. The number of rotatable bonds is 9. The van der Waals surface area contributed by atoms with Gasteiger partial charge in [-0.1, -0.05) is 154 Å². The number of anilines is 3. The molecule has 0 aliphatic heterocycles. The Kier molecular flexibility index (Phi) is 10.1. The van der Waals surface area contributed by atoms with Gasteiger partial charge in [0.05, 0.1) is 12.3 Å². The third-order valence-corrected chi connectivity index (χ3v) is 13.9. The fourth-order valence-corrected chi connectivity index (χ4v) is 10.2. The first-order valence-corrected chi connectivity index (χ1v) is 22.6. The average molecular weight is 817 g/mol. The summed E-state index contributed by atoms with van der Waals surface area (Å²) in [7, 11) is 0. The Morgan fingerprint density at radius 3 is 1.62 bits per heavy atom. The van der Waals surface area contributed by atoms with E-state index in [0.29, 0.717) is 6.54 Å². The van der Waals surface area contributed by atoms with Crippen LogP contribution in [0, 0.1) is 13.8 Å². The van der Waals surface area contributed by atoms with Crippen molar-refractivity contribution < 1.29 is 0 Å². The van der Waals surface area contributed by atoms with E-state index in [-0.39, 0.29) is 10.8 Å². The second-order valence-corrected chi connectivity index (χ2v) is 18.8. The van der Waals surface area contributed by atoms with Crippen LogP contribution < -0.4 is 4.90 Å². The second kappa shape index (κ2) is 15.9. The van der Waals surface area contributed by atoms with Crippen LogP contribution in [0.1, 0.15) is 97.5 Å². The smallest absolute Gasteiger partial charge is 0.0647 e. The number of allylic oxidation sites excluding steroid dienone is 6. The van der Waals surface area contributed by atoms with Crippen LogP contribution in [0.25, 0.3) is 39.0 Å².